The first kappa shape index (κ1) is 24.4. The van der Waals surface area contributed by atoms with Crippen LogP contribution in [0.2, 0.25) is 0 Å². The third-order valence-electron chi connectivity index (χ3n) is 6.58. The number of fused-ring (bicyclic) bond motifs is 1. The molecular weight excluding hydrogens is 481 g/mol. The van der Waals surface area contributed by atoms with E-state index in [0.717, 1.165) is 42.6 Å². The summed E-state index contributed by atoms with van der Waals surface area (Å²) in [5.41, 5.74) is 3.12. The summed E-state index contributed by atoms with van der Waals surface area (Å²) >= 11 is 1.36. The summed E-state index contributed by atoms with van der Waals surface area (Å²) in [6.07, 6.45) is 2.78. The van der Waals surface area contributed by atoms with Crippen molar-refractivity contribution in [2.24, 2.45) is 0 Å². The highest BCUT2D eigenvalue weighted by atomic mass is 32.1. The van der Waals surface area contributed by atoms with Gasteiger partial charge in [-0.1, -0.05) is 18.2 Å². The smallest absolute Gasteiger partial charge is 0.270 e. The predicted molar refractivity (Wildman–Crippen MR) is 134 cm³/mol. The molecule has 2 aliphatic heterocycles. The number of nitrogens with one attached hydrogen (secondary N) is 1. The van der Waals surface area contributed by atoms with Gasteiger partial charge in [0.15, 0.2) is 0 Å². The summed E-state index contributed by atoms with van der Waals surface area (Å²) in [5, 5.41) is 5.29. The minimum Gasteiger partial charge on any atom is -0.486 e. The lowest BCUT2D eigenvalue weighted by molar-refractivity contribution is -0.130. The van der Waals surface area contributed by atoms with Crippen molar-refractivity contribution in [2.75, 3.05) is 19.7 Å². The van der Waals surface area contributed by atoms with Gasteiger partial charge in [-0.25, -0.2) is 9.37 Å². The summed E-state index contributed by atoms with van der Waals surface area (Å²) in [5.74, 6) is 0.00778. The molecule has 0 unspecified atom stereocenters. The van der Waals surface area contributed by atoms with E-state index in [4.69, 9.17) is 9.47 Å². The third-order valence-corrected chi connectivity index (χ3v) is 7.40. The molecule has 1 saturated heterocycles. The Morgan fingerprint density at radius 1 is 1.28 bits per heavy atom. The Morgan fingerprint density at radius 2 is 2.17 bits per heavy atom. The highest BCUT2D eigenvalue weighted by molar-refractivity contribution is 7.09. The minimum atomic E-state index is -0.385. The van der Waals surface area contributed by atoms with Gasteiger partial charge in [-0.15, -0.1) is 11.3 Å². The van der Waals surface area contributed by atoms with Crippen LogP contribution < -0.4 is 10.1 Å². The zero-order valence-corrected chi connectivity index (χ0v) is 20.9. The number of hydrogen-bond donors (Lipinski definition) is 1. The maximum Gasteiger partial charge on any atom is 0.270 e. The number of benzene rings is 2. The molecule has 1 N–H and O–H groups in total. The van der Waals surface area contributed by atoms with Gasteiger partial charge in [0, 0.05) is 32.0 Å². The van der Waals surface area contributed by atoms with E-state index in [-0.39, 0.29) is 36.4 Å². The fourth-order valence-electron chi connectivity index (χ4n) is 4.79. The molecule has 0 radical (unpaired) electrons. The van der Waals surface area contributed by atoms with Crippen molar-refractivity contribution in [3.05, 3.63) is 81.1 Å². The first-order valence-corrected chi connectivity index (χ1v) is 13.0. The molecule has 2 atom stereocenters. The van der Waals surface area contributed by atoms with E-state index in [1.54, 1.807) is 16.3 Å². The van der Waals surface area contributed by atoms with Gasteiger partial charge >= 0.3 is 0 Å². The van der Waals surface area contributed by atoms with E-state index in [2.05, 4.69) is 10.3 Å². The normalized spacial score (nSPS) is 19.1. The first-order chi connectivity index (χ1) is 17.5. The number of amides is 2. The summed E-state index contributed by atoms with van der Waals surface area (Å²) in [6, 6.07) is 11.8. The fourth-order valence-corrected chi connectivity index (χ4v) is 5.47. The lowest BCUT2D eigenvalue weighted by atomic mass is 9.88. The van der Waals surface area contributed by atoms with Gasteiger partial charge in [0.05, 0.1) is 12.1 Å². The number of halogens is 1. The van der Waals surface area contributed by atoms with E-state index < -0.39 is 0 Å². The van der Waals surface area contributed by atoms with E-state index in [0.29, 0.717) is 29.5 Å². The number of hydrogen-bond acceptors (Lipinski definition) is 6. The number of rotatable bonds is 7. The topological polar surface area (TPSA) is 80.8 Å². The fraction of sp³-hybridized carbons (Fsp3) is 0.370. The average molecular weight is 510 g/mol. The van der Waals surface area contributed by atoms with E-state index >= 15 is 0 Å². The minimum absolute atomic E-state index is 0.0608. The van der Waals surface area contributed by atoms with Gasteiger partial charge in [-0.3, -0.25) is 9.59 Å². The molecule has 0 saturated carbocycles. The van der Waals surface area contributed by atoms with Gasteiger partial charge < -0.3 is 19.7 Å². The Bertz CT molecular complexity index is 1260. The van der Waals surface area contributed by atoms with Crippen LogP contribution in [0.25, 0.3) is 0 Å². The van der Waals surface area contributed by atoms with Crippen LogP contribution in [0.5, 0.6) is 5.75 Å². The molecule has 36 heavy (non-hydrogen) atoms. The lowest BCUT2D eigenvalue weighted by Crippen LogP contribution is -2.39. The predicted octanol–water partition coefficient (Wildman–Crippen LogP) is 4.26. The van der Waals surface area contributed by atoms with Crippen molar-refractivity contribution in [3.8, 4) is 5.75 Å². The van der Waals surface area contributed by atoms with Crippen LogP contribution in [-0.2, 0) is 22.6 Å². The number of aromatic nitrogens is 1. The van der Waals surface area contributed by atoms with Gasteiger partial charge in [-0.2, -0.15) is 0 Å². The molecule has 0 aliphatic carbocycles. The van der Waals surface area contributed by atoms with Gasteiger partial charge in [-0.05, 0) is 60.2 Å². The maximum atomic E-state index is 14.0. The highest BCUT2D eigenvalue weighted by Crippen LogP contribution is 2.37. The van der Waals surface area contributed by atoms with E-state index in [1.165, 1.54) is 30.4 Å². The van der Waals surface area contributed by atoms with Crippen LogP contribution in [0.15, 0.2) is 47.8 Å². The number of ether oxygens (including phenoxy) is 2. The van der Waals surface area contributed by atoms with Crippen molar-refractivity contribution in [1.29, 1.82) is 0 Å². The van der Waals surface area contributed by atoms with Crippen molar-refractivity contribution in [3.63, 3.8) is 0 Å². The zero-order chi connectivity index (χ0) is 25.1. The second-order valence-corrected chi connectivity index (χ2v) is 9.98. The Labute approximate surface area is 213 Å². The molecule has 1 aromatic heterocycles. The molecule has 5 rings (SSSR count). The van der Waals surface area contributed by atoms with Crippen molar-refractivity contribution >= 4 is 23.2 Å². The summed E-state index contributed by atoms with van der Waals surface area (Å²) in [4.78, 5) is 31.0. The molecule has 2 amide bonds. The van der Waals surface area contributed by atoms with Crippen LogP contribution in [0.1, 0.15) is 58.0 Å². The summed E-state index contributed by atoms with van der Waals surface area (Å²) in [7, 11) is 0. The molecule has 0 spiro atoms. The first-order valence-electron chi connectivity index (χ1n) is 12.1. The summed E-state index contributed by atoms with van der Waals surface area (Å²) in [6.45, 7) is 3.55. The van der Waals surface area contributed by atoms with Crippen LogP contribution in [0, 0.1) is 5.82 Å². The molecule has 7 nitrogen and oxygen atoms in total. The van der Waals surface area contributed by atoms with Crippen LogP contribution in [0.4, 0.5) is 4.39 Å². The monoisotopic (exact) mass is 509 g/mol. The van der Waals surface area contributed by atoms with E-state index in [1.807, 2.05) is 24.3 Å². The lowest BCUT2D eigenvalue weighted by Gasteiger charge is -2.37. The maximum absolute atomic E-state index is 14.0. The number of carbonyl (C=O) groups is 2. The van der Waals surface area contributed by atoms with Crippen molar-refractivity contribution in [1.82, 2.24) is 15.2 Å². The number of carbonyl (C=O) groups excluding carboxylic acids is 2. The SMILES string of the molecule is CC(=O)N1CCc2ccc(OCc3nc(C(=O)NC[C@@H]4CCCO4)cs3)cc2[C@H]1c1cccc(F)c1. The van der Waals surface area contributed by atoms with Gasteiger partial charge in [0.25, 0.3) is 5.91 Å². The molecule has 3 heterocycles. The average Bonchev–Trinajstić information content (AvgIpc) is 3.57. The Balaban J connectivity index is 1.29. The number of nitrogens with zero attached hydrogens (tertiary/aromatic N) is 2. The second-order valence-electron chi connectivity index (χ2n) is 9.04. The van der Waals surface area contributed by atoms with Crippen LogP contribution in [0.3, 0.4) is 0 Å². The van der Waals surface area contributed by atoms with Gasteiger partial charge in [0.2, 0.25) is 5.91 Å². The quantitative estimate of drug-likeness (QED) is 0.515. The Morgan fingerprint density at radius 3 is 2.94 bits per heavy atom. The largest absolute Gasteiger partial charge is 0.486 e. The molecule has 9 heteroatoms. The number of thiazole rings is 1. The second kappa shape index (κ2) is 10.8. The van der Waals surface area contributed by atoms with E-state index in [9.17, 15) is 14.0 Å². The van der Waals surface area contributed by atoms with Crippen LogP contribution in [-0.4, -0.2) is 47.5 Å². The molecule has 188 valence electrons. The zero-order valence-electron chi connectivity index (χ0n) is 20.0. The van der Waals surface area contributed by atoms with Crippen LogP contribution >= 0.6 is 11.3 Å². The van der Waals surface area contributed by atoms with Gasteiger partial charge in [0.1, 0.15) is 28.9 Å². The highest BCUT2D eigenvalue weighted by Gasteiger charge is 2.31. The summed E-state index contributed by atoms with van der Waals surface area (Å²) < 4.78 is 25.6. The Kier molecular flexibility index (Phi) is 7.29. The van der Waals surface area contributed by atoms with Crippen molar-refractivity contribution in [2.45, 2.75) is 44.9 Å². The van der Waals surface area contributed by atoms with Crippen molar-refractivity contribution < 1.29 is 23.5 Å². The molecule has 2 aliphatic rings. The Hall–Kier alpha value is -3.30. The molecule has 3 aromatic rings. The molecule has 2 aromatic carbocycles. The standard InChI is InChI=1S/C27H28FN3O4S/c1-17(32)31-10-9-18-7-8-21(13-23(18)26(31)19-4-2-5-20(28)12-19)35-15-25-30-24(16-36-25)27(33)29-14-22-6-3-11-34-22/h2,4-5,7-8,12-13,16,22,26H,3,6,9-11,14-15H2,1H3,(H,29,33)/t22-,26+/m0/s1. The molecular formula is C27H28FN3O4S. The molecule has 0 bridgehead atoms. The third kappa shape index (κ3) is 5.42. The molecule has 1 fully saturated rings.